The van der Waals surface area contributed by atoms with Crippen molar-refractivity contribution in [3.8, 4) is 0 Å². The van der Waals surface area contributed by atoms with Crippen molar-refractivity contribution < 1.29 is 19.2 Å². The zero-order valence-corrected chi connectivity index (χ0v) is 11.3. The van der Waals surface area contributed by atoms with Crippen LogP contribution < -0.4 is 5.32 Å². The van der Waals surface area contributed by atoms with Crippen molar-refractivity contribution >= 4 is 24.0 Å². The van der Waals surface area contributed by atoms with Gasteiger partial charge in [0.1, 0.15) is 6.29 Å². The molecule has 0 radical (unpaired) electrons. The maximum absolute atomic E-state index is 12.4. The van der Waals surface area contributed by atoms with E-state index in [-0.39, 0.29) is 30.7 Å². The van der Waals surface area contributed by atoms with E-state index in [9.17, 15) is 19.2 Å². The third-order valence-electron chi connectivity index (χ3n) is 3.95. The molecule has 108 valence electrons. The Morgan fingerprint density at radius 3 is 2.81 bits per heavy atom. The van der Waals surface area contributed by atoms with Crippen LogP contribution in [0.2, 0.25) is 0 Å². The number of fused-ring (bicyclic) bond motifs is 1. The molecule has 1 aromatic carbocycles. The molecule has 2 aliphatic heterocycles. The predicted molar refractivity (Wildman–Crippen MR) is 72.4 cm³/mol. The average molecular weight is 286 g/mol. The van der Waals surface area contributed by atoms with Crippen molar-refractivity contribution in [1.82, 2.24) is 10.2 Å². The molecule has 3 rings (SSSR count). The molecule has 1 aromatic rings. The molecular weight excluding hydrogens is 272 g/mol. The van der Waals surface area contributed by atoms with Gasteiger partial charge in [-0.05, 0) is 17.5 Å². The van der Waals surface area contributed by atoms with Crippen LogP contribution in [-0.4, -0.2) is 35.5 Å². The molecule has 6 nitrogen and oxygen atoms in total. The zero-order valence-electron chi connectivity index (χ0n) is 11.3. The van der Waals surface area contributed by atoms with E-state index in [1.807, 2.05) is 6.07 Å². The number of piperidine rings is 1. The Bertz CT molecular complexity index is 653. The van der Waals surface area contributed by atoms with Gasteiger partial charge in [0, 0.05) is 18.5 Å². The van der Waals surface area contributed by atoms with E-state index in [4.69, 9.17) is 0 Å². The number of carbonyl (C=O) groups is 4. The SMILES string of the molecule is O=CCN1Cc2cccc(C3CCC(=O)NC3=O)c2C1=O. The second-order valence-corrected chi connectivity index (χ2v) is 5.24. The fraction of sp³-hybridized carbons (Fsp3) is 0.333. The average Bonchev–Trinajstić information content (AvgIpc) is 2.76. The first-order chi connectivity index (χ1) is 10.1. The van der Waals surface area contributed by atoms with E-state index < -0.39 is 5.92 Å². The Morgan fingerprint density at radius 1 is 1.29 bits per heavy atom. The Labute approximate surface area is 121 Å². The first-order valence-electron chi connectivity index (χ1n) is 6.80. The van der Waals surface area contributed by atoms with Crippen LogP contribution >= 0.6 is 0 Å². The highest BCUT2D eigenvalue weighted by molar-refractivity contribution is 6.05. The lowest BCUT2D eigenvalue weighted by Gasteiger charge is -2.22. The molecule has 1 atom stereocenters. The van der Waals surface area contributed by atoms with E-state index in [0.29, 0.717) is 30.4 Å². The van der Waals surface area contributed by atoms with Crippen LogP contribution in [-0.2, 0) is 20.9 Å². The third kappa shape index (κ3) is 2.22. The lowest BCUT2D eigenvalue weighted by molar-refractivity contribution is -0.134. The standard InChI is InChI=1S/C15H14N2O4/c18-7-6-17-8-9-2-1-3-10(13(9)15(17)21)11-4-5-12(19)16-14(11)20/h1-3,7,11H,4-6,8H2,(H,16,19,20). The molecule has 6 heteroatoms. The summed E-state index contributed by atoms with van der Waals surface area (Å²) in [6.07, 6.45) is 1.36. The molecule has 0 saturated carbocycles. The second-order valence-electron chi connectivity index (χ2n) is 5.24. The Hall–Kier alpha value is -2.50. The summed E-state index contributed by atoms with van der Waals surface area (Å²) >= 11 is 0. The highest BCUT2D eigenvalue weighted by atomic mass is 16.2. The highest BCUT2D eigenvalue weighted by Gasteiger charge is 2.35. The number of rotatable bonds is 3. The van der Waals surface area contributed by atoms with Crippen molar-refractivity contribution in [2.24, 2.45) is 0 Å². The van der Waals surface area contributed by atoms with Gasteiger partial charge in [0.2, 0.25) is 11.8 Å². The Morgan fingerprint density at radius 2 is 2.10 bits per heavy atom. The van der Waals surface area contributed by atoms with E-state index in [2.05, 4.69) is 5.32 Å². The molecule has 1 N–H and O–H groups in total. The number of carbonyl (C=O) groups excluding carboxylic acids is 4. The summed E-state index contributed by atoms with van der Waals surface area (Å²) in [7, 11) is 0. The molecule has 0 aliphatic carbocycles. The fourth-order valence-electron chi connectivity index (χ4n) is 2.97. The van der Waals surface area contributed by atoms with Crippen molar-refractivity contribution in [1.29, 1.82) is 0 Å². The van der Waals surface area contributed by atoms with E-state index in [1.165, 1.54) is 4.90 Å². The van der Waals surface area contributed by atoms with E-state index >= 15 is 0 Å². The quantitative estimate of drug-likeness (QED) is 0.642. The Kier molecular flexibility index (Phi) is 3.29. The third-order valence-corrected chi connectivity index (χ3v) is 3.95. The molecule has 0 aromatic heterocycles. The molecule has 0 spiro atoms. The minimum absolute atomic E-state index is 0.0440. The minimum atomic E-state index is -0.488. The molecule has 1 fully saturated rings. The monoisotopic (exact) mass is 286 g/mol. The maximum Gasteiger partial charge on any atom is 0.255 e. The topological polar surface area (TPSA) is 83.6 Å². The Balaban J connectivity index is 1.98. The van der Waals surface area contributed by atoms with Gasteiger partial charge < -0.3 is 9.69 Å². The highest BCUT2D eigenvalue weighted by Crippen LogP contribution is 2.33. The van der Waals surface area contributed by atoms with Gasteiger partial charge in [-0.3, -0.25) is 19.7 Å². The van der Waals surface area contributed by atoms with Gasteiger partial charge in [0.05, 0.1) is 12.5 Å². The fourth-order valence-corrected chi connectivity index (χ4v) is 2.97. The molecule has 1 unspecified atom stereocenters. The van der Waals surface area contributed by atoms with Crippen LogP contribution in [0.1, 0.15) is 40.2 Å². The van der Waals surface area contributed by atoms with Gasteiger partial charge in [0.25, 0.3) is 5.91 Å². The number of benzene rings is 1. The van der Waals surface area contributed by atoms with Crippen molar-refractivity contribution in [2.45, 2.75) is 25.3 Å². The number of amides is 3. The molecule has 2 aliphatic rings. The zero-order chi connectivity index (χ0) is 15.0. The maximum atomic E-state index is 12.4. The van der Waals surface area contributed by atoms with Crippen LogP contribution in [0.3, 0.4) is 0 Å². The number of aldehydes is 1. The normalized spacial score (nSPS) is 21.2. The number of hydrogen-bond acceptors (Lipinski definition) is 4. The summed E-state index contributed by atoms with van der Waals surface area (Å²) < 4.78 is 0. The second kappa shape index (κ2) is 5.12. The van der Waals surface area contributed by atoms with Crippen molar-refractivity contribution in [3.63, 3.8) is 0 Å². The number of nitrogens with zero attached hydrogens (tertiary/aromatic N) is 1. The van der Waals surface area contributed by atoms with E-state index in [1.54, 1.807) is 12.1 Å². The summed E-state index contributed by atoms with van der Waals surface area (Å²) in [5.41, 5.74) is 1.98. The van der Waals surface area contributed by atoms with Crippen molar-refractivity contribution in [3.05, 3.63) is 34.9 Å². The largest absolute Gasteiger partial charge is 0.327 e. The molecular formula is C15H14N2O4. The van der Waals surface area contributed by atoms with Gasteiger partial charge >= 0.3 is 0 Å². The van der Waals surface area contributed by atoms with E-state index in [0.717, 1.165) is 5.56 Å². The van der Waals surface area contributed by atoms with Gasteiger partial charge in [-0.25, -0.2) is 0 Å². The predicted octanol–water partition coefficient (Wildman–Crippen LogP) is 0.362. The molecule has 2 heterocycles. The number of hydrogen-bond donors (Lipinski definition) is 1. The number of imide groups is 1. The lowest BCUT2D eigenvalue weighted by Crippen LogP contribution is -2.40. The summed E-state index contributed by atoms with van der Waals surface area (Å²) in [5, 5.41) is 2.31. The van der Waals surface area contributed by atoms with Crippen LogP contribution in [0.4, 0.5) is 0 Å². The smallest absolute Gasteiger partial charge is 0.255 e. The number of nitrogens with one attached hydrogen (secondary N) is 1. The molecule has 1 saturated heterocycles. The summed E-state index contributed by atoms with van der Waals surface area (Å²) in [6, 6.07) is 5.38. The summed E-state index contributed by atoms with van der Waals surface area (Å²) in [5.74, 6) is -1.35. The summed E-state index contributed by atoms with van der Waals surface area (Å²) in [4.78, 5) is 47.7. The molecule has 3 amide bonds. The van der Waals surface area contributed by atoms with Gasteiger partial charge in [-0.2, -0.15) is 0 Å². The van der Waals surface area contributed by atoms with Crippen LogP contribution in [0.5, 0.6) is 0 Å². The van der Waals surface area contributed by atoms with Crippen LogP contribution in [0.25, 0.3) is 0 Å². The minimum Gasteiger partial charge on any atom is -0.327 e. The first-order valence-corrected chi connectivity index (χ1v) is 6.80. The lowest BCUT2D eigenvalue weighted by atomic mass is 9.86. The molecule has 21 heavy (non-hydrogen) atoms. The van der Waals surface area contributed by atoms with Crippen LogP contribution in [0.15, 0.2) is 18.2 Å². The first kappa shape index (κ1) is 13.5. The van der Waals surface area contributed by atoms with Gasteiger partial charge in [-0.1, -0.05) is 18.2 Å². The van der Waals surface area contributed by atoms with Gasteiger partial charge in [-0.15, -0.1) is 0 Å². The molecule has 0 bridgehead atoms. The summed E-state index contributed by atoms with van der Waals surface area (Å²) in [6.45, 7) is 0.427. The van der Waals surface area contributed by atoms with Gasteiger partial charge in [0.15, 0.2) is 0 Å². The van der Waals surface area contributed by atoms with Crippen LogP contribution in [0, 0.1) is 0 Å². The van der Waals surface area contributed by atoms with Crippen molar-refractivity contribution in [2.75, 3.05) is 6.54 Å².